The van der Waals surface area contributed by atoms with E-state index in [1.54, 1.807) is 32.0 Å². The molecule has 2 aromatic carbocycles. The lowest BCUT2D eigenvalue weighted by molar-refractivity contribution is -0.122. The highest BCUT2D eigenvalue weighted by atomic mass is 19.1. The van der Waals surface area contributed by atoms with E-state index in [9.17, 15) is 14.0 Å². The molecule has 132 valence electrons. The second kappa shape index (κ2) is 5.87. The smallest absolute Gasteiger partial charge is 0.291 e. The van der Waals surface area contributed by atoms with Crippen molar-refractivity contribution in [1.82, 2.24) is 0 Å². The number of halogens is 1. The number of anilines is 2. The Hall–Kier alpha value is -3.35. The van der Waals surface area contributed by atoms with Crippen LogP contribution in [0.25, 0.3) is 11.0 Å². The molecule has 3 aromatic rings. The van der Waals surface area contributed by atoms with Crippen LogP contribution in [0.15, 0.2) is 40.8 Å². The molecule has 2 N–H and O–H groups in total. The Bertz CT molecular complexity index is 1060. The minimum atomic E-state index is -0.568. The van der Waals surface area contributed by atoms with Gasteiger partial charge in [0.15, 0.2) is 11.9 Å². The predicted molar refractivity (Wildman–Crippen MR) is 94.0 cm³/mol. The summed E-state index contributed by atoms with van der Waals surface area (Å²) in [6, 6.07) is 9.04. The Labute approximate surface area is 147 Å². The largest absolute Gasteiger partial charge is 0.479 e. The van der Waals surface area contributed by atoms with Crippen molar-refractivity contribution in [3.8, 4) is 5.75 Å². The average Bonchev–Trinajstić information content (AvgIpc) is 2.93. The third-order valence-corrected chi connectivity index (χ3v) is 4.27. The zero-order valence-corrected chi connectivity index (χ0v) is 14.1. The number of nitrogens with one attached hydrogen (secondary N) is 2. The summed E-state index contributed by atoms with van der Waals surface area (Å²) >= 11 is 0. The van der Waals surface area contributed by atoms with Crippen molar-refractivity contribution in [1.29, 1.82) is 0 Å². The van der Waals surface area contributed by atoms with Crippen LogP contribution in [0.1, 0.15) is 23.0 Å². The number of furan rings is 1. The molecule has 0 radical (unpaired) electrons. The van der Waals surface area contributed by atoms with Crippen LogP contribution in [0.3, 0.4) is 0 Å². The first-order chi connectivity index (χ1) is 12.4. The van der Waals surface area contributed by atoms with Crippen molar-refractivity contribution < 1.29 is 23.1 Å². The fourth-order valence-electron chi connectivity index (χ4n) is 2.88. The zero-order chi connectivity index (χ0) is 18.4. The quantitative estimate of drug-likeness (QED) is 0.732. The molecule has 0 bridgehead atoms. The van der Waals surface area contributed by atoms with Crippen molar-refractivity contribution in [3.63, 3.8) is 0 Å². The monoisotopic (exact) mass is 354 g/mol. The van der Waals surface area contributed by atoms with Crippen LogP contribution < -0.4 is 15.4 Å². The van der Waals surface area contributed by atoms with Gasteiger partial charge < -0.3 is 19.8 Å². The number of carbonyl (C=O) groups is 2. The second-order valence-electron chi connectivity index (χ2n) is 6.11. The van der Waals surface area contributed by atoms with Gasteiger partial charge in [0.05, 0.1) is 5.69 Å². The van der Waals surface area contributed by atoms with Gasteiger partial charge in [-0.15, -0.1) is 0 Å². The van der Waals surface area contributed by atoms with E-state index in [0.29, 0.717) is 33.7 Å². The molecule has 1 aliphatic heterocycles. The highest BCUT2D eigenvalue weighted by molar-refractivity contribution is 6.07. The standard InChI is InChI=1S/C19H15FN2O4/c1-9-13-7-11(20)3-5-15(13)26-17(9)19(24)21-12-4-6-16-14(8-12)22-18(23)10(2)25-16/h3-8,10H,1-2H3,(H,21,24)(H,22,23). The molecule has 1 aliphatic rings. The van der Waals surface area contributed by atoms with Gasteiger partial charge in [-0.05, 0) is 50.2 Å². The second-order valence-corrected chi connectivity index (χ2v) is 6.11. The lowest BCUT2D eigenvalue weighted by Gasteiger charge is -2.23. The van der Waals surface area contributed by atoms with Crippen LogP contribution in [-0.4, -0.2) is 17.9 Å². The maximum Gasteiger partial charge on any atom is 0.291 e. The number of ether oxygens (including phenoxy) is 1. The Morgan fingerprint density at radius 1 is 1.23 bits per heavy atom. The molecule has 2 amide bonds. The van der Waals surface area contributed by atoms with Gasteiger partial charge in [-0.3, -0.25) is 9.59 Å². The number of fused-ring (bicyclic) bond motifs is 2. The number of hydrogen-bond donors (Lipinski definition) is 2. The van der Waals surface area contributed by atoms with Crippen LogP contribution in [-0.2, 0) is 4.79 Å². The summed E-state index contributed by atoms with van der Waals surface area (Å²) in [5.74, 6) is -0.470. The van der Waals surface area contributed by atoms with Crippen LogP contribution in [0.2, 0.25) is 0 Å². The van der Waals surface area contributed by atoms with E-state index in [4.69, 9.17) is 9.15 Å². The van der Waals surface area contributed by atoms with Gasteiger partial charge in [0.1, 0.15) is 17.1 Å². The molecule has 2 heterocycles. The van der Waals surface area contributed by atoms with Crippen LogP contribution in [0, 0.1) is 12.7 Å². The first-order valence-electron chi connectivity index (χ1n) is 8.04. The molecule has 0 spiro atoms. The minimum Gasteiger partial charge on any atom is -0.479 e. The third kappa shape index (κ3) is 2.67. The molecule has 1 unspecified atom stereocenters. The first kappa shape index (κ1) is 16.1. The minimum absolute atomic E-state index is 0.109. The number of benzene rings is 2. The Morgan fingerprint density at radius 3 is 2.85 bits per heavy atom. The molecule has 0 aliphatic carbocycles. The molecule has 7 heteroatoms. The molecule has 1 aromatic heterocycles. The molecule has 0 fully saturated rings. The van der Waals surface area contributed by atoms with Crippen molar-refractivity contribution in [2.45, 2.75) is 20.0 Å². The number of carbonyl (C=O) groups excluding carboxylic acids is 2. The van der Waals surface area contributed by atoms with Crippen molar-refractivity contribution in [3.05, 3.63) is 53.5 Å². The molecule has 0 saturated heterocycles. The summed E-state index contributed by atoms with van der Waals surface area (Å²) in [4.78, 5) is 24.3. The van der Waals surface area contributed by atoms with E-state index >= 15 is 0 Å². The molecule has 6 nitrogen and oxygen atoms in total. The number of amides is 2. The average molecular weight is 354 g/mol. The van der Waals surface area contributed by atoms with E-state index in [1.807, 2.05) is 0 Å². The maximum atomic E-state index is 13.4. The van der Waals surface area contributed by atoms with Gasteiger partial charge in [-0.25, -0.2) is 4.39 Å². The Morgan fingerprint density at radius 2 is 2.04 bits per heavy atom. The third-order valence-electron chi connectivity index (χ3n) is 4.27. The van der Waals surface area contributed by atoms with Gasteiger partial charge >= 0.3 is 0 Å². The van der Waals surface area contributed by atoms with E-state index in [2.05, 4.69) is 10.6 Å². The number of rotatable bonds is 2. The normalized spacial score (nSPS) is 16.0. The van der Waals surface area contributed by atoms with Crippen LogP contribution >= 0.6 is 0 Å². The highest BCUT2D eigenvalue weighted by Crippen LogP contribution is 2.33. The SMILES string of the molecule is Cc1c(C(=O)Nc2ccc3c(c2)NC(=O)C(C)O3)oc2ccc(F)cc12. The zero-order valence-electron chi connectivity index (χ0n) is 14.1. The van der Waals surface area contributed by atoms with Crippen molar-refractivity contribution >= 4 is 34.2 Å². The van der Waals surface area contributed by atoms with Crippen LogP contribution in [0.4, 0.5) is 15.8 Å². The van der Waals surface area contributed by atoms with Crippen LogP contribution in [0.5, 0.6) is 5.75 Å². The predicted octanol–water partition coefficient (Wildman–Crippen LogP) is 3.85. The summed E-state index contributed by atoms with van der Waals surface area (Å²) < 4.78 is 24.4. The van der Waals surface area contributed by atoms with E-state index in [1.165, 1.54) is 18.2 Å². The molecule has 26 heavy (non-hydrogen) atoms. The Balaban J connectivity index is 1.62. The lowest BCUT2D eigenvalue weighted by atomic mass is 10.1. The molecule has 0 saturated carbocycles. The maximum absolute atomic E-state index is 13.4. The summed E-state index contributed by atoms with van der Waals surface area (Å²) in [5.41, 5.74) is 1.95. The van der Waals surface area contributed by atoms with Gasteiger partial charge in [0, 0.05) is 16.6 Å². The fourth-order valence-corrected chi connectivity index (χ4v) is 2.88. The van der Waals surface area contributed by atoms with Gasteiger partial charge in [-0.1, -0.05) is 0 Å². The Kier molecular flexibility index (Phi) is 3.64. The van der Waals surface area contributed by atoms with Gasteiger partial charge in [0.25, 0.3) is 11.8 Å². The van der Waals surface area contributed by atoms with E-state index in [0.717, 1.165) is 0 Å². The number of hydrogen-bond acceptors (Lipinski definition) is 4. The van der Waals surface area contributed by atoms with Crippen molar-refractivity contribution in [2.75, 3.05) is 10.6 Å². The number of aryl methyl sites for hydroxylation is 1. The summed E-state index contributed by atoms with van der Waals surface area (Å²) in [6.45, 7) is 3.35. The molecular weight excluding hydrogens is 339 g/mol. The summed E-state index contributed by atoms with van der Waals surface area (Å²) in [6.07, 6.45) is -0.568. The van der Waals surface area contributed by atoms with Crippen molar-refractivity contribution in [2.24, 2.45) is 0 Å². The topological polar surface area (TPSA) is 80.6 Å². The molecular formula is C19H15FN2O4. The fraction of sp³-hybridized carbons (Fsp3) is 0.158. The van der Waals surface area contributed by atoms with Gasteiger partial charge in [-0.2, -0.15) is 0 Å². The first-order valence-corrected chi connectivity index (χ1v) is 8.04. The van der Waals surface area contributed by atoms with Gasteiger partial charge in [0.2, 0.25) is 0 Å². The lowest BCUT2D eigenvalue weighted by Crippen LogP contribution is -2.34. The summed E-state index contributed by atoms with van der Waals surface area (Å²) in [7, 11) is 0. The highest BCUT2D eigenvalue weighted by Gasteiger charge is 2.24. The van der Waals surface area contributed by atoms with E-state index < -0.39 is 17.8 Å². The summed E-state index contributed by atoms with van der Waals surface area (Å²) in [5, 5.41) is 5.99. The molecule has 1 atom stereocenters. The molecule has 4 rings (SSSR count). The van der Waals surface area contributed by atoms with E-state index in [-0.39, 0.29) is 11.7 Å².